The van der Waals surface area contributed by atoms with Crippen LogP contribution in [0.4, 0.5) is 0 Å². The molecule has 104 valence electrons. The van der Waals surface area contributed by atoms with Gasteiger partial charge in [0.1, 0.15) is 5.75 Å². The van der Waals surface area contributed by atoms with E-state index in [1.54, 1.807) is 0 Å². The van der Waals surface area contributed by atoms with Gasteiger partial charge in [-0.25, -0.2) is 9.97 Å². The monoisotopic (exact) mass is 280 g/mol. The molecular formula is C15H12N4O2. The van der Waals surface area contributed by atoms with Crippen molar-refractivity contribution in [2.75, 3.05) is 0 Å². The van der Waals surface area contributed by atoms with E-state index in [0.29, 0.717) is 5.75 Å². The van der Waals surface area contributed by atoms with Gasteiger partial charge in [0, 0.05) is 12.4 Å². The highest BCUT2D eigenvalue weighted by molar-refractivity contribution is 5.97. The second kappa shape index (κ2) is 5.46. The van der Waals surface area contributed by atoms with Gasteiger partial charge in [-0.2, -0.15) is 0 Å². The van der Waals surface area contributed by atoms with Gasteiger partial charge in [0.25, 0.3) is 0 Å². The minimum atomic E-state index is -0.154. The second-order valence-corrected chi connectivity index (χ2v) is 4.31. The topological polar surface area (TPSA) is 93.6 Å². The van der Waals surface area contributed by atoms with Crippen molar-refractivity contribution in [3.8, 4) is 11.6 Å². The number of fused-ring (bicyclic) bond motifs is 1. The number of nitrogens with two attached hydrogens (primary N) is 1. The molecule has 1 aromatic heterocycles. The summed E-state index contributed by atoms with van der Waals surface area (Å²) < 4.78 is 5.70. The summed E-state index contributed by atoms with van der Waals surface area (Å²) in [5.74, 6) is 0.628. The van der Waals surface area contributed by atoms with E-state index >= 15 is 0 Å². The van der Waals surface area contributed by atoms with Crippen molar-refractivity contribution in [1.29, 1.82) is 0 Å². The van der Waals surface area contributed by atoms with E-state index < -0.39 is 0 Å². The van der Waals surface area contributed by atoms with E-state index in [4.69, 9.17) is 15.7 Å². The predicted octanol–water partition coefficient (Wildman–Crippen LogP) is 2.52. The number of rotatable bonds is 3. The van der Waals surface area contributed by atoms with Crippen molar-refractivity contribution in [1.82, 2.24) is 9.97 Å². The van der Waals surface area contributed by atoms with Gasteiger partial charge in [-0.1, -0.05) is 35.5 Å². The third-order valence-corrected chi connectivity index (χ3v) is 2.95. The van der Waals surface area contributed by atoms with Crippen LogP contribution < -0.4 is 10.5 Å². The fraction of sp³-hybridized carbons (Fsp3) is 0. The van der Waals surface area contributed by atoms with Gasteiger partial charge >= 0.3 is 0 Å². The molecule has 0 bridgehead atoms. The molecule has 0 atom stereocenters. The summed E-state index contributed by atoms with van der Waals surface area (Å²) in [5.41, 5.74) is 5.74. The zero-order valence-corrected chi connectivity index (χ0v) is 11.0. The summed E-state index contributed by atoms with van der Waals surface area (Å²) in [6.07, 6.45) is 2.92. The molecule has 0 radical (unpaired) electrons. The molecule has 0 unspecified atom stereocenters. The molecule has 0 aliphatic rings. The Hall–Kier alpha value is -3.15. The van der Waals surface area contributed by atoms with Crippen LogP contribution in [0.1, 0.15) is 5.69 Å². The maximum absolute atomic E-state index is 8.76. The summed E-state index contributed by atoms with van der Waals surface area (Å²) in [6, 6.07) is 13.6. The highest BCUT2D eigenvalue weighted by atomic mass is 16.5. The Bertz CT molecular complexity index is 817. The van der Waals surface area contributed by atoms with Gasteiger partial charge in [0.2, 0.25) is 5.88 Å². The zero-order chi connectivity index (χ0) is 14.7. The molecule has 2 aromatic carbocycles. The number of oxime groups is 1. The van der Waals surface area contributed by atoms with Crippen molar-refractivity contribution in [3.63, 3.8) is 0 Å². The van der Waals surface area contributed by atoms with Gasteiger partial charge in [-0.15, -0.1) is 0 Å². The third kappa shape index (κ3) is 2.59. The van der Waals surface area contributed by atoms with Crippen molar-refractivity contribution >= 4 is 16.6 Å². The summed E-state index contributed by atoms with van der Waals surface area (Å²) in [7, 11) is 0. The number of ether oxygens (including phenoxy) is 1. The van der Waals surface area contributed by atoms with Crippen LogP contribution in [0, 0.1) is 0 Å². The van der Waals surface area contributed by atoms with Crippen molar-refractivity contribution in [2.45, 2.75) is 0 Å². The zero-order valence-electron chi connectivity index (χ0n) is 11.0. The molecule has 3 aromatic rings. The van der Waals surface area contributed by atoms with Crippen LogP contribution in [0.3, 0.4) is 0 Å². The van der Waals surface area contributed by atoms with Crippen molar-refractivity contribution in [2.24, 2.45) is 10.9 Å². The van der Waals surface area contributed by atoms with Gasteiger partial charge in [-0.05, 0) is 22.9 Å². The highest BCUT2D eigenvalue weighted by Crippen LogP contribution is 2.25. The standard InChI is InChI=1S/C15H12N4O2/c16-14(19-20)13-15(18-8-7-17-13)21-12-6-5-10-3-1-2-4-11(10)9-12/h1-9,20H,(H2,16,19). The Morgan fingerprint density at radius 3 is 2.62 bits per heavy atom. The molecule has 6 nitrogen and oxygen atoms in total. The fourth-order valence-electron chi connectivity index (χ4n) is 1.97. The quantitative estimate of drug-likeness (QED) is 0.333. The van der Waals surface area contributed by atoms with Gasteiger partial charge in [0.15, 0.2) is 11.5 Å². The summed E-state index contributed by atoms with van der Waals surface area (Å²) in [4.78, 5) is 8.07. The van der Waals surface area contributed by atoms with Crippen LogP contribution in [-0.4, -0.2) is 21.0 Å². The Kier molecular flexibility index (Phi) is 3.34. The van der Waals surface area contributed by atoms with Gasteiger partial charge in [0.05, 0.1) is 0 Å². The molecule has 0 spiro atoms. The maximum Gasteiger partial charge on any atom is 0.249 e. The van der Waals surface area contributed by atoms with Crippen molar-refractivity contribution in [3.05, 3.63) is 60.6 Å². The highest BCUT2D eigenvalue weighted by Gasteiger charge is 2.12. The van der Waals surface area contributed by atoms with Crippen LogP contribution >= 0.6 is 0 Å². The van der Waals surface area contributed by atoms with E-state index in [9.17, 15) is 0 Å². The largest absolute Gasteiger partial charge is 0.437 e. The van der Waals surface area contributed by atoms with E-state index in [1.165, 1.54) is 12.4 Å². The van der Waals surface area contributed by atoms with Crippen LogP contribution in [0.15, 0.2) is 60.0 Å². The maximum atomic E-state index is 8.76. The van der Waals surface area contributed by atoms with Gasteiger partial charge < -0.3 is 15.7 Å². The van der Waals surface area contributed by atoms with Crippen LogP contribution in [0.5, 0.6) is 11.6 Å². The lowest BCUT2D eigenvalue weighted by Crippen LogP contribution is -2.16. The molecule has 3 rings (SSSR count). The molecule has 0 amide bonds. The number of benzene rings is 2. The summed E-state index contributed by atoms with van der Waals surface area (Å²) in [5, 5.41) is 13.8. The molecule has 21 heavy (non-hydrogen) atoms. The first kappa shape index (κ1) is 12.9. The van der Waals surface area contributed by atoms with E-state index in [2.05, 4.69) is 15.1 Å². The van der Waals surface area contributed by atoms with E-state index in [0.717, 1.165) is 10.8 Å². The average molecular weight is 280 g/mol. The number of amidine groups is 1. The average Bonchev–Trinajstić information content (AvgIpc) is 2.54. The molecule has 6 heteroatoms. The van der Waals surface area contributed by atoms with Crippen molar-refractivity contribution < 1.29 is 9.94 Å². The van der Waals surface area contributed by atoms with Crippen LogP contribution in [0.2, 0.25) is 0 Å². The molecular weight excluding hydrogens is 268 g/mol. The summed E-state index contributed by atoms with van der Waals surface area (Å²) >= 11 is 0. The SMILES string of the molecule is NC(=NO)c1nccnc1Oc1ccc2ccccc2c1. The first-order valence-electron chi connectivity index (χ1n) is 6.23. The first-order valence-corrected chi connectivity index (χ1v) is 6.23. The molecule has 0 aliphatic heterocycles. The molecule has 1 heterocycles. The Morgan fingerprint density at radius 2 is 1.81 bits per heavy atom. The van der Waals surface area contributed by atoms with E-state index in [-0.39, 0.29) is 17.4 Å². The van der Waals surface area contributed by atoms with Gasteiger partial charge in [-0.3, -0.25) is 0 Å². The third-order valence-electron chi connectivity index (χ3n) is 2.95. The second-order valence-electron chi connectivity index (χ2n) is 4.31. The number of hydrogen-bond acceptors (Lipinski definition) is 5. The molecule has 0 aliphatic carbocycles. The van der Waals surface area contributed by atoms with Crippen LogP contribution in [0.25, 0.3) is 10.8 Å². The summed E-state index contributed by atoms with van der Waals surface area (Å²) in [6.45, 7) is 0. The first-order chi connectivity index (χ1) is 10.3. The molecule has 0 saturated carbocycles. The lowest BCUT2D eigenvalue weighted by atomic mass is 10.1. The smallest absolute Gasteiger partial charge is 0.249 e. The predicted molar refractivity (Wildman–Crippen MR) is 78.6 cm³/mol. The minimum absolute atomic E-state index is 0.154. The number of aromatic nitrogens is 2. The number of nitrogens with zero attached hydrogens (tertiary/aromatic N) is 3. The fourth-order valence-corrected chi connectivity index (χ4v) is 1.97. The Balaban J connectivity index is 1.99. The normalized spacial score (nSPS) is 11.5. The molecule has 0 saturated heterocycles. The van der Waals surface area contributed by atoms with Crippen LogP contribution in [-0.2, 0) is 0 Å². The number of hydrogen-bond donors (Lipinski definition) is 2. The minimum Gasteiger partial charge on any atom is -0.437 e. The Morgan fingerprint density at radius 1 is 1.05 bits per heavy atom. The Labute approximate surface area is 120 Å². The lowest BCUT2D eigenvalue weighted by molar-refractivity contribution is 0.318. The molecule has 3 N–H and O–H groups in total. The lowest BCUT2D eigenvalue weighted by Gasteiger charge is -2.08. The molecule has 0 fully saturated rings. The van der Waals surface area contributed by atoms with E-state index in [1.807, 2.05) is 42.5 Å².